The van der Waals surface area contributed by atoms with Crippen molar-refractivity contribution in [3.8, 4) is 28.5 Å². The smallest absolute Gasteiger partial charge is 0.238 e. The summed E-state index contributed by atoms with van der Waals surface area (Å²) in [4.78, 5) is 23.6. The molecule has 24 rings (SSSR count). The van der Waals surface area contributed by atoms with Gasteiger partial charge < -0.3 is 8.83 Å². The summed E-state index contributed by atoms with van der Waals surface area (Å²) in [5, 5.41) is 27.5. The van der Waals surface area contributed by atoms with Gasteiger partial charge in [0.05, 0.1) is 54.2 Å². The van der Waals surface area contributed by atoms with E-state index in [-0.39, 0.29) is 5.28 Å². The van der Waals surface area contributed by atoms with Gasteiger partial charge in [0.2, 0.25) is 22.7 Å². The lowest BCUT2D eigenvalue weighted by molar-refractivity contribution is 0.651. The second-order valence-corrected chi connectivity index (χ2v) is 28.7. The molecule has 0 amide bonds. The number of H-pyrrole nitrogens is 1. The molecule has 1 N–H and O–H groups in total. The Hall–Kier alpha value is -12.9. The molecule has 0 aliphatic heterocycles. The minimum absolute atomic E-state index is 0.179. The predicted molar refractivity (Wildman–Crippen MR) is 435 cm³/mol. The molecule has 1 aliphatic rings. The number of hydrogen-bond acceptors (Lipinski definition) is 8. The van der Waals surface area contributed by atoms with Gasteiger partial charge in [-0.25, -0.2) is 9.97 Å². The molecular formula is C92H50ClN6O2S2+. The van der Waals surface area contributed by atoms with Gasteiger partial charge in [0.15, 0.2) is 5.69 Å². The average molecular weight is 1370 g/mol. The molecule has 23 aromatic rings. The zero-order valence-corrected chi connectivity index (χ0v) is 56.9. The summed E-state index contributed by atoms with van der Waals surface area (Å²) in [5.74, 6) is 0.592. The van der Waals surface area contributed by atoms with E-state index in [0.29, 0.717) is 17.4 Å². The molecule has 103 heavy (non-hydrogen) atoms. The first-order valence-electron chi connectivity index (χ1n) is 34.3. The highest BCUT2D eigenvalue weighted by atomic mass is 35.5. The fourth-order valence-electron chi connectivity index (χ4n) is 16.5. The van der Waals surface area contributed by atoms with E-state index in [1.807, 2.05) is 77.3 Å². The van der Waals surface area contributed by atoms with Crippen LogP contribution >= 0.6 is 34.3 Å². The number of halogens is 1. The quantitative estimate of drug-likeness (QED) is 0.107. The number of aromatic nitrogens is 6. The highest BCUT2D eigenvalue weighted by Gasteiger charge is 2.28. The van der Waals surface area contributed by atoms with Crippen LogP contribution in [0, 0.1) is 6.08 Å². The number of benzene rings is 15. The van der Waals surface area contributed by atoms with Crippen LogP contribution in [0.4, 0.5) is 0 Å². The van der Waals surface area contributed by atoms with Gasteiger partial charge in [-0.2, -0.15) is 9.97 Å². The summed E-state index contributed by atoms with van der Waals surface area (Å²) in [6.45, 7) is 0. The number of allylic oxidation sites excluding steroid dienone is 2. The van der Waals surface area contributed by atoms with Crippen LogP contribution in [0.15, 0.2) is 294 Å². The first kappa shape index (κ1) is 57.9. The second kappa shape index (κ2) is 22.5. The Balaban J connectivity index is 0.000000108. The van der Waals surface area contributed by atoms with E-state index in [9.17, 15) is 0 Å². The summed E-state index contributed by atoms with van der Waals surface area (Å²) in [6, 6.07) is 98.4. The monoisotopic (exact) mass is 1370 g/mol. The van der Waals surface area contributed by atoms with Crippen LogP contribution in [-0.4, -0.2) is 29.5 Å². The molecule has 0 spiro atoms. The van der Waals surface area contributed by atoms with Crippen LogP contribution in [0.2, 0.25) is 5.28 Å². The molecule has 8 heterocycles. The molecule has 11 heteroatoms. The summed E-state index contributed by atoms with van der Waals surface area (Å²) in [7, 11) is 0. The molecule has 15 aromatic carbocycles. The summed E-state index contributed by atoms with van der Waals surface area (Å²) in [5.41, 5.74) is 12.3. The predicted octanol–water partition coefficient (Wildman–Crippen LogP) is 26.5. The van der Waals surface area contributed by atoms with Crippen molar-refractivity contribution in [2.75, 3.05) is 0 Å². The molecule has 478 valence electrons. The van der Waals surface area contributed by atoms with E-state index in [2.05, 4.69) is 268 Å². The number of fused-ring (bicyclic) bond motifs is 32. The zero-order valence-electron chi connectivity index (χ0n) is 54.5. The number of nitrogens with zero attached hydrogens (tertiary/aromatic N) is 5. The molecule has 8 nitrogen and oxygen atoms in total. The van der Waals surface area contributed by atoms with E-state index in [4.69, 9.17) is 30.4 Å². The topological polar surface area (TPSA) is 98.6 Å². The zero-order chi connectivity index (χ0) is 67.5. The fraction of sp³-hybridized carbons (Fsp3) is 0. The number of para-hydroxylation sites is 3. The Labute approximate surface area is 598 Å². The third-order valence-electron chi connectivity index (χ3n) is 20.8. The van der Waals surface area contributed by atoms with Gasteiger partial charge in [0.1, 0.15) is 28.9 Å². The largest absolute Gasteiger partial charge is 0.438 e. The first-order valence-corrected chi connectivity index (χ1v) is 36.3. The highest BCUT2D eigenvalue weighted by molar-refractivity contribution is 7.27. The lowest BCUT2D eigenvalue weighted by Crippen LogP contribution is -2.03. The molecule has 0 atom stereocenters. The minimum atomic E-state index is 0.179. The number of hydrogen-bond donors (Lipinski definition) is 1. The van der Waals surface area contributed by atoms with E-state index in [1.54, 1.807) is 0 Å². The Morgan fingerprint density at radius 3 is 1.40 bits per heavy atom. The van der Waals surface area contributed by atoms with E-state index in [1.165, 1.54) is 116 Å². The maximum Gasteiger partial charge on any atom is 0.238 e. The second-order valence-electron chi connectivity index (χ2n) is 26.3. The number of nitrogens with one attached hydrogen (secondary N) is 1. The van der Waals surface area contributed by atoms with Crippen molar-refractivity contribution in [1.29, 1.82) is 0 Å². The van der Waals surface area contributed by atoms with Crippen LogP contribution in [-0.2, 0) is 0 Å². The Morgan fingerprint density at radius 2 is 0.806 bits per heavy atom. The number of aromatic amines is 1. The summed E-state index contributed by atoms with van der Waals surface area (Å²) in [6.07, 6.45) is 9.40. The van der Waals surface area contributed by atoms with E-state index >= 15 is 0 Å². The van der Waals surface area contributed by atoms with Gasteiger partial charge in [-0.15, -0.1) is 22.7 Å². The van der Waals surface area contributed by atoms with Gasteiger partial charge in [-0.05, 0) is 119 Å². The lowest BCUT2D eigenvalue weighted by atomic mass is 9.94. The molecule has 0 radical (unpaired) electrons. The molecule has 0 bridgehead atoms. The van der Waals surface area contributed by atoms with Crippen molar-refractivity contribution in [3.05, 3.63) is 308 Å². The molecule has 0 saturated heterocycles. The van der Waals surface area contributed by atoms with Crippen LogP contribution in [0.5, 0.6) is 0 Å². The van der Waals surface area contributed by atoms with Crippen molar-refractivity contribution in [2.45, 2.75) is 0 Å². The third-order valence-corrected chi connectivity index (χ3v) is 23.3. The van der Waals surface area contributed by atoms with E-state index < -0.39 is 0 Å². The van der Waals surface area contributed by atoms with Gasteiger partial charge in [-0.1, -0.05) is 237 Å². The first-order chi connectivity index (χ1) is 51.0. The maximum absolute atomic E-state index is 6.62. The molecular weight excluding hydrogens is 1320 g/mol. The third kappa shape index (κ3) is 8.67. The van der Waals surface area contributed by atoms with Gasteiger partial charge in [-0.3, -0.25) is 9.55 Å². The molecule has 0 fully saturated rings. The highest BCUT2D eigenvalue weighted by Crippen LogP contribution is 2.51. The van der Waals surface area contributed by atoms with Crippen molar-refractivity contribution >= 4 is 228 Å². The molecule has 1 aliphatic carbocycles. The normalized spacial score (nSPS) is 12.4. The SMILES string of the molecule is Clc1nc(-c2cc3ccccc3c3ccccc23)c2c(n1)oc1ccccc12.[C+]1=Cc2[nH]c3c4sc5ccccc5c4c4ccccc4c3c2C=C1.c1ccc2c(c1)cc(-c1nc(-n3c4ccccc4c4c5ccccc5c5c6ccccc6sc5c43)nc3oc4ccccc4c13)c1ccccc12. The number of thiophene rings is 2. The van der Waals surface area contributed by atoms with Crippen molar-refractivity contribution < 1.29 is 8.83 Å². The van der Waals surface area contributed by atoms with Gasteiger partial charge in [0, 0.05) is 75.1 Å². The Morgan fingerprint density at radius 1 is 0.369 bits per heavy atom. The van der Waals surface area contributed by atoms with Crippen LogP contribution in [0.25, 0.3) is 222 Å². The standard InChI is InChI=1S/C46H25N3OS.C24H13ClN2O.C22H12NS/c1-2-14-27-26(13-1)25-35(29-16-4-3-15-28(27)29)42-41-33-20-8-11-23-37(33)50-45(41)48-46(47-42)49-36-22-10-7-19-32(36)39-30-17-5-6-18-31(30)40-34-21-9-12-24-38(34)51-44(40)43(39)49;25-24-26-22(21-18-11-5-6-12-20(18)28-23(21)27-24)19-13-14-7-1-2-8-15(14)16-9-3-4-10-17(16)19;1-2-8-14-13(7-1)19-15-9-3-5-11-17(15)23-21(19)22-20(14)16-10-4-6-12-18(16)24-22/h1-25H;1-13H;1-4,6-12,23H/q;;+1. The summed E-state index contributed by atoms with van der Waals surface area (Å²) >= 11 is 10.0. The van der Waals surface area contributed by atoms with Crippen LogP contribution < -0.4 is 0 Å². The number of rotatable bonds is 3. The molecule has 0 unspecified atom stereocenters. The Bertz CT molecular complexity index is 7680. The van der Waals surface area contributed by atoms with Crippen LogP contribution in [0.1, 0.15) is 11.3 Å². The number of furan rings is 2. The maximum atomic E-state index is 6.62. The summed E-state index contributed by atoms with van der Waals surface area (Å²) < 4.78 is 20.0. The lowest BCUT2D eigenvalue weighted by Gasteiger charge is -2.14. The van der Waals surface area contributed by atoms with Crippen molar-refractivity contribution in [3.63, 3.8) is 0 Å². The van der Waals surface area contributed by atoms with Crippen LogP contribution in [0.3, 0.4) is 0 Å². The average Bonchev–Trinajstić information content (AvgIpc) is 1.55. The van der Waals surface area contributed by atoms with Gasteiger partial charge in [0.25, 0.3) is 0 Å². The van der Waals surface area contributed by atoms with E-state index in [0.717, 1.165) is 88.1 Å². The fourth-order valence-corrected chi connectivity index (χ4v) is 19.1. The molecule has 8 aromatic heterocycles. The van der Waals surface area contributed by atoms with Crippen molar-refractivity contribution in [1.82, 2.24) is 29.5 Å². The van der Waals surface area contributed by atoms with Gasteiger partial charge >= 0.3 is 0 Å². The minimum Gasteiger partial charge on any atom is -0.438 e. The Kier molecular flexibility index (Phi) is 12.7. The van der Waals surface area contributed by atoms with Crippen molar-refractivity contribution in [2.24, 2.45) is 0 Å². The molecule has 0 saturated carbocycles.